The zero-order valence-electron chi connectivity index (χ0n) is 28.9. The van der Waals surface area contributed by atoms with E-state index >= 15 is 0 Å². The highest BCUT2D eigenvalue weighted by Gasteiger charge is 2.26. The summed E-state index contributed by atoms with van der Waals surface area (Å²) in [4.78, 5) is 48.1. The van der Waals surface area contributed by atoms with Crippen molar-refractivity contribution in [3.8, 4) is 28.1 Å². The van der Waals surface area contributed by atoms with Crippen molar-refractivity contribution in [3.63, 3.8) is 0 Å². The molecule has 0 spiro atoms. The maximum absolute atomic E-state index is 13.6. The molecule has 2 aliphatic heterocycles. The summed E-state index contributed by atoms with van der Waals surface area (Å²) in [6.07, 6.45) is 4.88. The molecular formula is C37H41Cl2N7O5. The number of halogens is 2. The third kappa shape index (κ3) is 8.20. The first-order chi connectivity index (χ1) is 24.7. The zero-order valence-corrected chi connectivity index (χ0v) is 30.4. The molecule has 1 saturated heterocycles. The number of nitrogens with zero attached hydrogens (tertiary/aromatic N) is 4. The molecule has 268 valence electrons. The Kier molecular flexibility index (Phi) is 11.6. The van der Waals surface area contributed by atoms with Gasteiger partial charge < -0.3 is 30.0 Å². The van der Waals surface area contributed by atoms with Gasteiger partial charge in [-0.3, -0.25) is 24.3 Å². The summed E-state index contributed by atoms with van der Waals surface area (Å²) >= 11 is 14.0. The number of esters is 1. The standard InChI is InChI=1S/C37H41Cl2N7O5/c1-45-29-14-17-46(16-5-8-32(48)51-3)21-28(29)43-36(45)37(49)44-27-7-4-6-25(33(27)38)26-13-15-41-35(34(26)39)22-9-10-23(30(18-22)50-2)19-40-20-24-11-12-31(47)42-24/h4,6-7,9-10,13,15,18,24,40H,5,8,11-12,14,16-17,19-21H2,1-3H3,(H,42,47)(H,44,49). The van der Waals surface area contributed by atoms with E-state index in [9.17, 15) is 14.4 Å². The number of imidazole rings is 1. The van der Waals surface area contributed by atoms with Gasteiger partial charge in [-0.15, -0.1) is 0 Å². The first-order valence-electron chi connectivity index (χ1n) is 16.9. The van der Waals surface area contributed by atoms with Crippen LogP contribution in [0.1, 0.15) is 53.3 Å². The molecule has 51 heavy (non-hydrogen) atoms. The Labute approximate surface area is 306 Å². The monoisotopic (exact) mass is 733 g/mol. The van der Waals surface area contributed by atoms with E-state index in [4.69, 9.17) is 37.7 Å². The van der Waals surface area contributed by atoms with Crippen molar-refractivity contribution in [1.29, 1.82) is 0 Å². The van der Waals surface area contributed by atoms with Gasteiger partial charge in [-0.2, -0.15) is 0 Å². The number of aromatic nitrogens is 3. The SMILES string of the molecule is COC(=O)CCCN1CCc2c(nc(C(=O)Nc3cccc(-c4ccnc(-c5ccc(CNCC6CCC(=O)N6)c(OC)c5)c4Cl)c3Cl)n2C)C1. The van der Waals surface area contributed by atoms with Crippen LogP contribution < -0.4 is 20.7 Å². The largest absolute Gasteiger partial charge is 0.496 e. The number of amides is 2. The van der Waals surface area contributed by atoms with Crippen LogP contribution in [-0.2, 0) is 40.9 Å². The van der Waals surface area contributed by atoms with Crippen molar-refractivity contribution in [2.75, 3.05) is 39.2 Å². The van der Waals surface area contributed by atoms with Gasteiger partial charge in [-0.25, -0.2) is 4.98 Å². The van der Waals surface area contributed by atoms with Gasteiger partial charge in [0.2, 0.25) is 5.91 Å². The minimum atomic E-state index is -0.376. The number of anilines is 1. The van der Waals surface area contributed by atoms with Crippen LogP contribution in [0.5, 0.6) is 5.75 Å². The fraction of sp³-hybridized carbons (Fsp3) is 0.378. The van der Waals surface area contributed by atoms with Gasteiger partial charge in [0.25, 0.3) is 5.91 Å². The lowest BCUT2D eigenvalue weighted by molar-refractivity contribution is -0.140. The molecule has 12 nitrogen and oxygen atoms in total. The molecule has 0 aliphatic carbocycles. The van der Waals surface area contributed by atoms with E-state index in [2.05, 4.69) is 25.8 Å². The Morgan fingerprint density at radius 2 is 1.90 bits per heavy atom. The van der Waals surface area contributed by atoms with Crippen LogP contribution in [0.15, 0.2) is 48.7 Å². The molecule has 2 aliphatic rings. The van der Waals surface area contributed by atoms with Gasteiger partial charge in [-0.05, 0) is 37.6 Å². The number of hydrogen-bond acceptors (Lipinski definition) is 9. The number of benzene rings is 2. The average Bonchev–Trinajstić information content (AvgIpc) is 3.70. The fourth-order valence-corrected chi connectivity index (χ4v) is 7.24. The van der Waals surface area contributed by atoms with E-state index < -0.39 is 0 Å². The van der Waals surface area contributed by atoms with Crippen molar-refractivity contribution < 1.29 is 23.9 Å². The summed E-state index contributed by atoms with van der Waals surface area (Å²) in [6, 6.07) is 13.1. The van der Waals surface area contributed by atoms with Crippen LogP contribution in [-0.4, -0.2) is 77.1 Å². The summed E-state index contributed by atoms with van der Waals surface area (Å²) in [6.45, 7) is 3.41. The second-order valence-corrected chi connectivity index (χ2v) is 13.5. The third-order valence-corrected chi connectivity index (χ3v) is 10.2. The lowest BCUT2D eigenvalue weighted by Crippen LogP contribution is -2.35. The molecule has 0 radical (unpaired) electrons. The van der Waals surface area contributed by atoms with Crippen LogP contribution >= 0.6 is 23.2 Å². The molecule has 0 bridgehead atoms. The summed E-state index contributed by atoms with van der Waals surface area (Å²) < 4.78 is 12.3. The van der Waals surface area contributed by atoms with Crippen molar-refractivity contribution in [2.24, 2.45) is 7.05 Å². The molecule has 4 heterocycles. The lowest BCUT2D eigenvalue weighted by Gasteiger charge is -2.26. The quantitative estimate of drug-likeness (QED) is 0.154. The average molecular weight is 735 g/mol. The number of pyridine rings is 1. The van der Waals surface area contributed by atoms with Crippen LogP contribution in [0.25, 0.3) is 22.4 Å². The third-order valence-electron chi connectivity index (χ3n) is 9.40. The second-order valence-electron chi connectivity index (χ2n) is 12.7. The molecule has 2 amide bonds. The summed E-state index contributed by atoms with van der Waals surface area (Å²) in [5.41, 5.74) is 5.88. The molecule has 2 aromatic heterocycles. The number of methoxy groups -OCH3 is 2. The van der Waals surface area contributed by atoms with Crippen molar-refractivity contribution in [1.82, 2.24) is 30.1 Å². The highest BCUT2D eigenvalue weighted by Crippen LogP contribution is 2.41. The Morgan fingerprint density at radius 1 is 1.08 bits per heavy atom. The lowest BCUT2D eigenvalue weighted by atomic mass is 10.0. The second kappa shape index (κ2) is 16.2. The minimum absolute atomic E-state index is 0.0927. The number of ether oxygens (including phenoxy) is 2. The maximum atomic E-state index is 13.6. The van der Waals surface area contributed by atoms with E-state index in [1.165, 1.54) is 7.11 Å². The summed E-state index contributed by atoms with van der Waals surface area (Å²) in [7, 11) is 4.86. The number of fused-ring (bicyclic) bond motifs is 1. The Bertz CT molecular complexity index is 1950. The van der Waals surface area contributed by atoms with Crippen molar-refractivity contribution in [2.45, 2.75) is 51.2 Å². The summed E-state index contributed by atoms with van der Waals surface area (Å²) in [5.74, 6) is 0.473. The van der Waals surface area contributed by atoms with E-state index in [0.717, 1.165) is 48.4 Å². The van der Waals surface area contributed by atoms with Gasteiger partial charge in [0.1, 0.15) is 5.75 Å². The van der Waals surface area contributed by atoms with E-state index in [1.807, 2.05) is 41.9 Å². The molecule has 1 atom stereocenters. The Morgan fingerprint density at radius 3 is 2.67 bits per heavy atom. The number of nitrogens with one attached hydrogen (secondary N) is 3. The number of rotatable bonds is 13. The molecule has 0 saturated carbocycles. The predicted octanol–water partition coefficient (Wildman–Crippen LogP) is 5.40. The first-order valence-corrected chi connectivity index (χ1v) is 17.7. The zero-order chi connectivity index (χ0) is 36.1. The van der Waals surface area contributed by atoms with Crippen molar-refractivity contribution >= 4 is 46.7 Å². The number of carbonyl (C=O) groups excluding carboxylic acids is 3. The molecule has 3 N–H and O–H groups in total. The van der Waals surface area contributed by atoms with E-state index in [1.54, 1.807) is 25.4 Å². The van der Waals surface area contributed by atoms with Crippen LogP contribution in [0.3, 0.4) is 0 Å². The van der Waals surface area contributed by atoms with Crippen LogP contribution in [0.4, 0.5) is 5.69 Å². The predicted molar refractivity (Wildman–Crippen MR) is 196 cm³/mol. The number of carbonyl (C=O) groups is 3. The molecule has 4 aromatic rings. The highest BCUT2D eigenvalue weighted by atomic mass is 35.5. The Hall–Kier alpha value is -4.49. The molecule has 1 fully saturated rings. The minimum Gasteiger partial charge on any atom is -0.496 e. The molecule has 2 aromatic carbocycles. The van der Waals surface area contributed by atoms with E-state index in [0.29, 0.717) is 83.0 Å². The summed E-state index contributed by atoms with van der Waals surface area (Å²) in [5, 5.41) is 10.1. The Balaban J connectivity index is 1.16. The first kappa shape index (κ1) is 36.3. The molecular weight excluding hydrogens is 693 g/mol. The van der Waals surface area contributed by atoms with Gasteiger partial charge >= 0.3 is 5.97 Å². The van der Waals surface area contributed by atoms with E-state index in [-0.39, 0.29) is 23.8 Å². The maximum Gasteiger partial charge on any atom is 0.305 e. The van der Waals surface area contributed by atoms with Gasteiger partial charge in [0, 0.05) is 92.7 Å². The van der Waals surface area contributed by atoms with Gasteiger partial charge in [0.15, 0.2) is 5.82 Å². The fourth-order valence-electron chi connectivity index (χ4n) is 6.64. The highest BCUT2D eigenvalue weighted by molar-refractivity contribution is 6.39. The van der Waals surface area contributed by atoms with Crippen LogP contribution in [0, 0.1) is 0 Å². The normalized spacial score (nSPS) is 15.7. The molecule has 6 rings (SSSR count). The van der Waals surface area contributed by atoms with Gasteiger partial charge in [-0.1, -0.05) is 47.5 Å². The van der Waals surface area contributed by atoms with Gasteiger partial charge in [0.05, 0.1) is 41.3 Å². The smallest absolute Gasteiger partial charge is 0.305 e. The van der Waals surface area contributed by atoms with Crippen molar-refractivity contribution in [3.05, 3.63) is 81.5 Å². The number of hydrogen-bond donors (Lipinski definition) is 3. The van der Waals surface area contributed by atoms with Crippen LogP contribution in [0.2, 0.25) is 10.0 Å². The molecule has 14 heteroatoms. The topological polar surface area (TPSA) is 140 Å². The molecule has 1 unspecified atom stereocenters.